The van der Waals surface area contributed by atoms with Crippen LogP contribution in [-0.2, 0) is 10.0 Å². The molecule has 20 heavy (non-hydrogen) atoms. The second kappa shape index (κ2) is 6.44. The van der Waals surface area contributed by atoms with Crippen LogP contribution in [0.5, 0.6) is 0 Å². The van der Waals surface area contributed by atoms with Gasteiger partial charge in [-0.15, -0.1) is 0 Å². The van der Waals surface area contributed by atoms with Gasteiger partial charge in [-0.25, -0.2) is 13.1 Å². The zero-order valence-electron chi connectivity index (χ0n) is 12.6. The van der Waals surface area contributed by atoms with E-state index in [2.05, 4.69) is 4.72 Å². The predicted octanol–water partition coefficient (Wildman–Crippen LogP) is 3.54. The Morgan fingerprint density at radius 3 is 2.25 bits per heavy atom. The van der Waals surface area contributed by atoms with Gasteiger partial charge in [0.1, 0.15) is 4.75 Å². The average Bonchev–Trinajstić information content (AvgIpc) is 2.36. The highest BCUT2D eigenvalue weighted by molar-refractivity contribution is 7.91. The summed E-state index contributed by atoms with van der Waals surface area (Å²) in [6.07, 6.45) is 15.5. The Kier molecular flexibility index (Phi) is 5.08. The van der Waals surface area contributed by atoms with Gasteiger partial charge in [0.05, 0.1) is 0 Å². The van der Waals surface area contributed by atoms with Crippen molar-refractivity contribution in [3.8, 4) is 0 Å². The van der Waals surface area contributed by atoms with Crippen LogP contribution in [0.2, 0.25) is 0 Å². The average molecular weight is 297 g/mol. The van der Waals surface area contributed by atoms with E-state index in [9.17, 15) is 8.42 Å². The van der Waals surface area contributed by atoms with Crippen molar-refractivity contribution in [1.29, 1.82) is 0 Å². The third-order valence-electron chi connectivity index (χ3n) is 4.85. The summed E-state index contributed by atoms with van der Waals surface area (Å²) in [5.74, 6) is -0.00134. The van der Waals surface area contributed by atoms with Gasteiger partial charge in [0.15, 0.2) is 0 Å². The largest absolute Gasteiger partial charge is 0.221 e. The number of sulfonamides is 1. The molecule has 2 rings (SSSR count). The number of rotatable bonds is 3. The Morgan fingerprint density at radius 2 is 1.65 bits per heavy atom. The van der Waals surface area contributed by atoms with Crippen molar-refractivity contribution in [3.05, 3.63) is 24.3 Å². The lowest BCUT2D eigenvalue weighted by molar-refractivity contribution is 0.416. The summed E-state index contributed by atoms with van der Waals surface area (Å²) in [7, 11) is -3.35. The first kappa shape index (κ1) is 15.8. The van der Waals surface area contributed by atoms with Gasteiger partial charge in [-0.05, 0) is 25.7 Å². The highest BCUT2D eigenvalue weighted by atomic mass is 32.2. The summed E-state index contributed by atoms with van der Waals surface area (Å²) < 4.78 is 27.7. The molecule has 0 aromatic heterocycles. The Balaban J connectivity index is 2.09. The van der Waals surface area contributed by atoms with Crippen molar-refractivity contribution in [2.75, 3.05) is 0 Å². The van der Waals surface area contributed by atoms with E-state index in [4.69, 9.17) is 0 Å². The first-order chi connectivity index (χ1) is 9.46. The maximum atomic E-state index is 12.8. The summed E-state index contributed by atoms with van der Waals surface area (Å²) >= 11 is 0. The number of hydrogen-bond acceptors (Lipinski definition) is 2. The highest BCUT2D eigenvalue weighted by Gasteiger charge is 2.42. The minimum atomic E-state index is -3.35. The molecule has 0 aromatic rings. The first-order valence-corrected chi connectivity index (χ1v) is 9.32. The van der Waals surface area contributed by atoms with E-state index in [1.807, 2.05) is 38.2 Å². The zero-order valence-corrected chi connectivity index (χ0v) is 13.5. The molecule has 3 nitrogen and oxygen atoms in total. The van der Waals surface area contributed by atoms with E-state index in [0.29, 0.717) is 0 Å². The van der Waals surface area contributed by atoms with E-state index in [-0.39, 0.29) is 12.0 Å². The second-order valence-electron chi connectivity index (χ2n) is 6.38. The normalized spacial score (nSPS) is 32.8. The SMILES string of the molecule is CC1C=CC=CC1(C)S(=O)(=O)NC1CCCCCCC1. The van der Waals surface area contributed by atoms with Gasteiger partial charge in [0.2, 0.25) is 10.0 Å². The molecule has 4 heteroatoms. The van der Waals surface area contributed by atoms with Gasteiger partial charge in [0, 0.05) is 6.04 Å². The van der Waals surface area contributed by atoms with Gasteiger partial charge in [-0.3, -0.25) is 0 Å². The van der Waals surface area contributed by atoms with Gasteiger partial charge in [-0.2, -0.15) is 0 Å². The van der Waals surface area contributed by atoms with E-state index in [0.717, 1.165) is 25.7 Å². The minimum absolute atomic E-state index is 0.00134. The van der Waals surface area contributed by atoms with Crippen LogP contribution in [0.1, 0.15) is 58.8 Å². The Bertz CT molecular complexity index is 473. The standard InChI is InChI=1S/C16H27NO2S/c1-14-10-8-9-13-16(14,2)20(18,19)17-15-11-6-4-3-5-7-12-15/h8-10,13-15,17H,3-7,11-12H2,1-2H3. The van der Waals surface area contributed by atoms with E-state index in [1.165, 1.54) is 19.3 Å². The van der Waals surface area contributed by atoms with Crippen LogP contribution >= 0.6 is 0 Å². The van der Waals surface area contributed by atoms with Crippen LogP contribution in [0, 0.1) is 5.92 Å². The molecule has 0 saturated heterocycles. The van der Waals surface area contributed by atoms with Crippen LogP contribution < -0.4 is 4.72 Å². The van der Waals surface area contributed by atoms with Crippen molar-refractivity contribution < 1.29 is 8.42 Å². The maximum absolute atomic E-state index is 12.8. The lowest BCUT2D eigenvalue weighted by Gasteiger charge is -2.34. The summed E-state index contributed by atoms with van der Waals surface area (Å²) in [6, 6.07) is 0.114. The Labute approximate surface area is 123 Å². The first-order valence-electron chi connectivity index (χ1n) is 7.83. The van der Waals surface area contributed by atoms with E-state index in [1.54, 1.807) is 0 Å². The van der Waals surface area contributed by atoms with Crippen molar-refractivity contribution in [2.24, 2.45) is 5.92 Å². The molecule has 2 unspecified atom stereocenters. The minimum Gasteiger partial charge on any atom is -0.211 e. The summed E-state index contributed by atoms with van der Waals surface area (Å²) in [5.41, 5.74) is 0. The number of allylic oxidation sites excluding steroid dienone is 3. The third-order valence-corrected chi connectivity index (χ3v) is 7.16. The molecule has 0 heterocycles. The van der Waals surface area contributed by atoms with Gasteiger partial charge < -0.3 is 0 Å². The summed E-state index contributed by atoms with van der Waals surface area (Å²) in [4.78, 5) is 0. The summed E-state index contributed by atoms with van der Waals surface area (Å²) in [6.45, 7) is 3.79. The van der Waals surface area contributed by atoms with Crippen LogP contribution in [0.25, 0.3) is 0 Å². The molecule has 1 N–H and O–H groups in total. The maximum Gasteiger partial charge on any atom is 0.221 e. The van der Waals surface area contributed by atoms with Gasteiger partial charge in [-0.1, -0.05) is 63.3 Å². The number of hydrogen-bond donors (Lipinski definition) is 1. The zero-order chi connectivity index (χ0) is 14.6. The smallest absolute Gasteiger partial charge is 0.211 e. The molecule has 0 amide bonds. The monoisotopic (exact) mass is 297 g/mol. The molecule has 2 aliphatic rings. The van der Waals surface area contributed by atoms with Crippen LogP contribution in [-0.4, -0.2) is 19.2 Å². The molecule has 2 atom stereocenters. The fourth-order valence-corrected chi connectivity index (χ4v) is 4.83. The highest BCUT2D eigenvalue weighted by Crippen LogP contribution is 2.32. The number of nitrogens with one attached hydrogen (secondary N) is 1. The van der Waals surface area contributed by atoms with Gasteiger partial charge >= 0.3 is 0 Å². The molecule has 0 spiro atoms. The van der Waals surface area contributed by atoms with Crippen molar-refractivity contribution in [3.63, 3.8) is 0 Å². The van der Waals surface area contributed by atoms with Crippen molar-refractivity contribution in [2.45, 2.75) is 69.6 Å². The molecule has 0 aliphatic heterocycles. The lowest BCUT2D eigenvalue weighted by Crippen LogP contribution is -2.50. The van der Waals surface area contributed by atoms with Crippen LogP contribution in [0.15, 0.2) is 24.3 Å². The molecule has 0 aromatic carbocycles. The fourth-order valence-electron chi connectivity index (χ4n) is 3.07. The lowest BCUT2D eigenvalue weighted by atomic mass is 9.91. The molecular formula is C16H27NO2S. The third kappa shape index (κ3) is 3.34. The second-order valence-corrected chi connectivity index (χ2v) is 8.50. The van der Waals surface area contributed by atoms with Crippen LogP contribution in [0.4, 0.5) is 0 Å². The molecule has 0 radical (unpaired) electrons. The summed E-state index contributed by atoms with van der Waals surface area (Å²) in [5, 5.41) is 0. The fraction of sp³-hybridized carbons (Fsp3) is 0.750. The molecule has 1 saturated carbocycles. The molecule has 2 aliphatic carbocycles. The molecular weight excluding hydrogens is 270 g/mol. The Hall–Kier alpha value is -0.610. The van der Waals surface area contributed by atoms with E-state index < -0.39 is 14.8 Å². The van der Waals surface area contributed by atoms with Gasteiger partial charge in [0.25, 0.3) is 0 Å². The van der Waals surface area contributed by atoms with Crippen molar-refractivity contribution in [1.82, 2.24) is 4.72 Å². The molecule has 0 bridgehead atoms. The predicted molar refractivity (Wildman–Crippen MR) is 84.0 cm³/mol. The molecule has 114 valence electrons. The van der Waals surface area contributed by atoms with Crippen molar-refractivity contribution >= 4 is 10.0 Å². The Morgan fingerprint density at radius 1 is 1.05 bits per heavy atom. The topological polar surface area (TPSA) is 46.2 Å². The quantitative estimate of drug-likeness (QED) is 0.866. The molecule has 1 fully saturated rings. The van der Waals surface area contributed by atoms with Crippen LogP contribution in [0.3, 0.4) is 0 Å². The van der Waals surface area contributed by atoms with E-state index >= 15 is 0 Å².